The predicted molar refractivity (Wildman–Crippen MR) is 41.6 cm³/mol. The monoisotopic (exact) mass is 152 g/mol. The van der Waals surface area contributed by atoms with Gasteiger partial charge >= 0.3 is 0 Å². The van der Waals surface area contributed by atoms with Gasteiger partial charge in [-0.25, -0.2) is 0 Å². The van der Waals surface area contributed by atoms with Crippen LogP contribution in [0.3, 0.4) is 0 Å². The summed E-state index contributed by atoms with van der Waals surface area (Å²) >= 11 is 0. The highest BCUT2D eigenvalue weighted by molar-refractivity contribution is 5.44. The summed E-state index contributed by atoms with van der Waals surface area (Å²) in [5.74, 6) is 0. The molecule has 0 fully saturated rings. The van der Waals surface area contributed by atoms with Gasteiger partial charge in [0.05, 0.1) is 0 Å². The minimum atomic E-state index is -0.0486. The Kier molecular flexibility index (Phi) is 1.78. The first-order valence-electron chi connectivity index (χ1n) is 3.02. The standard InChI is InChI=1S/C7H6N2O.H2O/c10-7-6-2-1-4-9(6)5-3-8-7;/h1-5H,(H,8,10);1H2. The molecule has 0 atom stereocenters. The van der Waals surface area contributed by atoms with Crippen molar-refractivity contribution in [1.82, 2.24) is 9.38 Å². The normalized spacial score (nSPS) is 9.45. The van der Waals surface area contributed by atoms with Gasteiger partial charge in [0.25, 0.3) is 5.56 Å². The largest absolute Gasteiger partial charge is 0.412 e. The van der Waals surface area contributed by atoms with Crippen molar-refractivity contribution in [3.05, 3.63) is 41.1 Å². The maximum atomic E-state index is 11.0. The fraction of sp³-hybridized carbons (Fsp3) is 0. The molecule has 0 amide bonds. The molecule has 4 nitrogen and oxygen atoms in total. The van der Waals surface area contributed by atoms with E-state index in [0.29, 0.717) is 5.52 Å². The molecule has 0 saturated carbocycles. The van der Waals surface area contributed by atoms with Crippen LogP contribution in [0.5, 0.6) is 0 Å². The first-order chi connectivity index (χ1) is 4.88. The van der Waals surface area contributed by atoms with Crippen molar-refractivity contribution in [1.29, 1.82) is 0 Å². The van der Waals surface area contributed by atoms with Gasteiger partial charge in [-0.15, -0.1) is 0 Å². The Bertz CT molecular complexity index is 402. The fourth-order valence-electron chi connectivity index (χ4n) is 0.983. The highest BCUT2D eigenvalue weighted by Gasteiger charge is 1.92. The maximum absolute atomic E-state index is 11.0. The van der Waals surface area contributed by atoms with Gasteiger partial charge in [0.1, 0.15) is 5.52 Å². The first-order valence-corrected chi connectivity index (χ1v) is 3.02. The van der Waals surface area contributed by atoms with E-state index in [1.807, 2.05) is 12.3 Å². The van der Waals surface area contributed by atoms with Gasteiger partial charge in [0.15, 0.2) is 0 Å². The third-order valence-corrected chi connectivity index (χ3v) is 1.46. The average molecular weight is 152 g/mol. The fourth-order valence-corrected chi connectivity index (χ4v) is 0.983. The third-order valence-electron chi connectivity index (χ3n) is 1.46. The van der Waals surface area contributed by atoms with Gasteiger partial charge in [0.2, 0.25) is 0 Å². The Balaban J connectivity index is 0.000000605. The van der Waals surface area contributed by atoms with Gasteiger partial charge < -0.3 is 14.9 Å². The minimum Gasteiger partial charge on any atom is -0.412 e. The van der Waals surface area contributed by atoms with Gasteiger partial charge in [-0.05, 0) is 12.1 Å². The van der Waals surface area contributed by atoms with Crippen molar-refractivity contribution < 1.29 is 5.48 Å². The van der Waals surface area contributed by atoms with E-state index in [-0.39, 0.29) is 11.0 Å². The second kappa shape index (κ2) is 2.59. The van der Waals surface area contributed by atoms with Crippen LogP contribution < -0.4 is 5.56 Å². The van der Waals surface area contributed by atoms with Crippen molar-refractivity contribution in [3.8, 4) is 0 Å². The summed E-state index contributed by atoms with van der Waals surface area (Å²) in [6.07, 6.45) is 5.26. The van der Waals surface area contributed by atoms with Crippen LogP contribution in [0.1, 0.15) is 0 Å². The summed E-state index contributed by atoms with van der Waals surface area (Å²) in [7, 11) is 0. The van der Waals surface area contributed by atoms with Gasteiger partial charge in [-0.3, -0.25) is 4.79 Å². The molecule has 0 spiro atoms. The first kappa shape index (κ1) is 7.56. The van der Waals surface area contributed by atoms with Crippen LogP contribution in [0.4, 0.5) is 0 Å². The minimum absolute atomic E-state index is 0. The second-order valence-corrected chi connectivity index (χ2v) is 2.09. The lowest BCUT2D eigenvalue weighted by Gasteiger charge is -1.88. The van der Waals surface area contributed by atoms with Crippen molar-refractivity contribution in [2.45, 2.75) is 0 Å². The molecule has 0 unspecified atom stereocenters. The Hall–Kier alpha value is -1.55. The molecule has 0 aliphatic carbocycles. The topological polar surface area (TPSA) is 68.8 Å². The summed E-state index contributed by atoms with van der Waals surface area (Å²) in [5.41, 5.74) is 0.634. The van der Waals surface area contributed by atoms with Gasteiger partial charge in [-0.1, -0.05) is 0 Å². The van der Waals surface area contributed by atoms with Crippen LogP contribution >= 0.6 is 0 Å². The molecule has 2 rings (SSSR count). The zero-order valence-corrected chi connectivity index (χ0v) is 5.74. The summed E-state index contributed by atoms with van der Waals surface area (Å²) in [6, 6.07) is 3.61. The van der Waals surface area contributed by atoms with E-state index in [2.05, 4.69) is 4.98 Å². The Labute approximate surface area is 62.4 Å². The third kappa shape index (κ3) is 1.03. The molecule has 3 N–H and O–H groups in total. The highest BCUT2D eigenvalue weighted by atomic mass is 16.1. The van der Waals surface area contributed by atoms with Gasteiger partial charge in [-0.2, -0.15) is 0 Å². The number of aromatic nitrogens is 2. The van der Waals surface area contributed by atoms with Crippen LogP contribution in [0.2, 0.25) is 0 Å². The van der Waals surface area contributed by atoms with Crippen LogP contribution in [0, 0.1) is 0 Å². The SMILES string of the molecule is O.O=c1[nH]ccn2cccc12. The molecule has 0 aliphatic heterocycles. The van der Waals surface area contributed by atoms with E-state index in [0.717, 1.165) is 0 Å². The molecule has 2 heterocycles. The molecular weight excluding hydrogens is 144 g/mol. The van der Waals surface area contributed by atoms with Crippen LogP contribution in [-0.4, -0.2) is 14.9 Å². The summed E-state index contributed by atoms with van der Waals surface area (Å²) < 4.78 is 1.78. The maximum Gasteiger partial charge on any atom is 0.272 e. The number of rotatable bonds is 0. The van der Waals surface area contributed by atoms with E-state index >= 15 is 0 Å². The second-order valence-electron chi connectivity index (χ2n) is 2.09. The number of nitrogens with one attached hydrogen (secondary N) is 1. The zero-order valence-electron chi connectivity index (χ0n) is 5.74. The van der Waals surface area contributed by atoms with Crippen LogP contribution in [0.15, 0.2) is 35.5 Å². The molecule has 4 heteroatoms. The quantitative estimate of drug-likeness (QED) is 0.558. The molecule has 58 valence electrons. The number of aromatic amines is 1. The average Bonchev–Trinajstić information content (AvgIpc) is 2.36. The molecule has 0 bridgehead atoms. The summed E-state index contributed by atoms with van der Waals surface area (Å²) in [5, 5.41) is 0. The van der Waals surface area contributed by atoms with Crippen molar-refractivity contribution in [2.24, 2.45) is 0 Å². The number of fused-ring (bicyclic) bond motifs is 1. The predicted octanol–water partition coefficient (Wildman–Crippen LogP) is -0.197. The highest BCUT2D eigenvalue weighted by Crippen LogP contribution is 1.94. The Morgan fingerprint density at radius 3 is 2.91 bits per heavy atom. The molecule has 0 radical (unpaired) electrons. The molecule has 0 aromatic carbocycles. The van der Waals surface area contributed by atoms with Crippen molar-refractivity contribution in [2.75, 3.05) is 0 Å². The van der Waals surface area contributed by atoms with E-state index in [1.54, 1.807) is 22.9 Å². The molecule has 2 aromatic rings. The smallest absolute Gasteiger partial charge is 0.272 e. The lowest BCUT2D eigenvalue weighted by molar-refractivity contribution is 0.824. The summed E-state index contributed by atoms with van der Waals surface area (Å²) in [4.78, 5) is 13.5. The van der Waals surface area contributed by atoms with Crippen LogP contribution in [0.25, 0.3) is 5.52 Å². The molecule has 2 aromatic heterocycles. The van der Waals surface area contributed by atoms with E-state index in [1.165, 1.54) is 0 Å². The van der Waals surface area contributed by atoms with E-state index in [4.69, 9.17) is 0 Å². The summed E-state index contributed by atoms with van der Waals surface area (Å²) in [6.45, 7) is 0. The van der Waals surface area contributed by atoms with Crippen molar-refractivity contribution in [3.63, 3.8) is 0 Å². The molecule has 11 heavy (non-hydrogen) atoms. The number of nitrogens with zero attached hydrogens (tertiary/aromatic N) is 1. The molecule has 0 saturated heterocycles. The van der Waals surface area contributed by atoms with Crippen LogP contribution in [-0.2, 0) is 0 Å². The van der Waals surface area contributed by atoms with Crippen molar-refractivity contribution >= 4 is 5.52 Å². The van der Waals surface area contributed by atoms with E-state index < -0.39 is 0 Å². The Morgan fingerprint density at radius 1 is 1.36 bits per heavy atom. The lowest BCUT2D eigenvalue weighted by atomic mass is 10.5. The molecule has 0 aliphatic rings. The lowest BCUT2D eigenvalue weighted by Crippen LogP contribution is -2.06. The Morgan fingerprint density at radius 2 is 2.18 bits per heavy atom. The van der Waals surface area contributed by atoms with E-state index in [9.17, 15) is 4.79 Å². The number of hydrogen-bond donors (Lipinski definition) is 1. The number of hydrogen-bond acceptors (Lipinski definition) is 1. The number of H-pyrrole nitrogens is 1. The van der Waals surface area contributed by atoms with Gasteiger partial charge in [0, 0.05) is 18.6 Å². The zero-order chi connectivity index (χ0) is 6.97. The molecular formula is C7H8N2O2.